The minimum Gasteiger partial charge on any atom is -0.496 e. The molecule has 2 aliphatic rings. The number of nitrogens with one attached hydrogen (secondary N) is 1. The molecule has 1 fully saturated rings. The number of imide groups is 1. The van der Waals surface area contributed by atoms with Gasteiger partial charge in [0.15, 0.2) is 0 Å². The van der Waals surface area contributed by atoms with Crippen LogP contribution in [0.4, 0.5) is 5.69 Å². The van der Waals surface area contributed by atoms with Crippen LogP contribution in [-0.2, 0) is 4.74 Å². The number of benzene rings is 3. The van der Waals surface area contributed by atoms with Gasteiger partial charge in [0.25, 0.3) is 17.7 Å². The maximum atomic E-state index is 13.0. The second-order valence-electron chi connectivity index (χ2n) is 8.68. The summed E-state index contributed by atoms with van der Waals surface area (Å²) in [4.78, 5) is 40.0. The molecular weight excluding hydrogens is 476 g/mol. The molecule has 0 aromatic heterocycles. The number of carbonyl (C=O) groups excluding carboxylic acids is 3. The first-order valence-electron chi connectivity index (χ1n) is 11.9. The van der Waals surface area contributed by atoms with Crippen molar-refractivity contribution in [1.82, 2.24) is 4.90 Å². The summed E-state index contributed by atoms with van der Waals surface area (Å²) in [6, 6.07) is 16.7. The van der Waals surface area contributed by atoms with Crippen LogP contribution in [0.2, 0.25) is 0 Å². The fourth-order valence-electron chi connectivity index (χ4n) is 4.53. The Labute approximate surface area is 213 Å². The number of amides is 3. The molecule has 3 aromatic rings. The Kier molecular flexibility index (Phi) is 6.78. The van der Waals surface area contributed by atoms with E-state index in [-0.39, 0.29) is 30.0 Å². The lowest BCUT2D eigenvalue weighted by Crippen LogP contribution is -2.36. The van der Waals surface area contributed by atoms with Crippen LogP contribution >= 0.6 is 0 Å². The monoisotopic (exact) mass is 502 g/mol. The second-order valence-corrected chi connectivity index (χ2v) is 8.68. The molecular formula is C28H26N2O7. The molecule has 0 aliphatic carbocycles. The summed E-state index contributed by atoms with van der Waals surface area (Å²) in [5.41, 5.74) is 1.41. The van der Waals surface area contributed by atoms with Crippen molar-refractivity contribution >= 4 is 23.4 Å². The number of rotatable bonds is 8. The van der Waals surface area contributed by atoms with Gasteiger partial charge in [-0.3, -0.25) is 19.3 Å². The van der Waals surface area contributed by atoms with Crippen molar-refractivity contribution in [2.24, 2.45) is 0 Å². The van der Waals surface area contributed by atoms with Crippen molar-refractivity contribution < 1.29 is 33.3 Å². The Balaban J connectivity index is 1.31. The van der Waals surface area contributed by atoms with Gasteiger partial charge in [-0.2, -0.15) is 0 Å². The summed E-state index contributed by atoms with van der Waals surface area (Å²) in [7, 11) is 2.97. The van der Waals surface area contributed by atoms with E-state index in [1.807, 2.05) is 0 Å². The molecule has 1 unspecified atom stereocenters. The lowest BCUT2D eigenvalue weighted by atomic mass is 10.1. The van der Waals surface area contributed by atoms with E-state index >= 15 is 0 Å². The lowest BCUT2D eigenvalue weighted by molar-refractivity contribution is 0.0475. The van der Waals surface area contributed by atoms with Gasteiger partial charge in [-0.15, -0.1) is 0 Å². The van der Waals surface area contributed by atoms with Crippen LogP contribution in [0.1, 0.15) is 43.9 Å². The summed E-state index contributed by atoms with van der Waals surface area (Å²) < 4.78 is 22.2. The molecule has 1 saturated heterocycles. The highest BCUT2D eigenvalue weighted by Crippen LogP contribution is 2.32. The van der Waals surface area contributed by atoms with E-state index in [2.05, 4.69) is 5.32 Å². The molecule has 0 spiro atoms. The molecule has 3 aromatic carbocycles. The molecule has 190 valence electrons. The van der Waals surface area contributed by atoms with E-state index in [1.165, 1.54) is 19.1 Å². The fraction of sp³-hybridized carbons (Fsp3) is 0.250. The molecule has 3 amide bonds. The van der Waals surface area contributed by atoms with Gasteiger partial charge in [-0.25, -0.2) is 0 Å². The summed E-state index contributed by atoms with van der Waals surface area (Å²) in [5, 5.41) is 2.83. The van der Waals surface area contributed by atoms with Crippen LogP contribution in [0.25, 0.3) is 0 Å². The van der Waals surface area contributed by atoms with Crippen LogP contribution in [0, 0.1) is 0 Å². The smallest absolute Gasteiger partial charge is 0.263 e. The number of carbonyl (C=O) groups is 3. The molecule has 2 heterocycles. The van der Waals surface area contributed by atoms with E-state index in [1.54, 1.807) is 60.7 Å². The van der Waals surface area contributed by atoms with Crippen LogP contribution in [0.5, 0.6) is 23.0 Å². The molecule has 9 nitrogen and oxygen atoms in total. The number of methoxy groups -OCH3 is 2. The summed E-state index contributed by atoms with van der Waals surface area (Å²) in [6.07, 6.45) is 1.64. The Morgan fingerprint density at radius 3 is 2.35 bits per heavy atom. The number of hydrogen-bond donors (Lipinski definition) is 1. The zero-order valence-corrected chi connectivity index (χ0v) is 20.5. The molecule has 2 aliphatic heterocycles. The van der Waals surface area contributed by atoms with Crippen LogP contribution in [0.15, 0.2) is 60.7 Å². The normalized spacial score (nSPS) is 16.5. The topological polar surface area (TPSA) is 103 Å². The maximum absolute atomic E-state index is 13.0. The molecule has 0 bridgehead atoms. The summed E-state index contributed by atoms with van der Waals surface area (Å²) in [5.74, 6) is 0.530. The van der Waals surface area contributed by atoms with Gasteiger partial charge >= 0.3 is 0 Å². The molecule has 0 saturated carbocycles. The van der Waals surface area contributed by atoms with Crippen LogP contribution in [-0.4, -0.2) is 56.1 Å². The average molecular weight is 503 g/mol. The lowest BCUT2D eigenvalue weighted by Gasteiger charge is -2.17. The largest absolute Gasteiger partial charge is 0.496 e. The number of ether oxygens (including phenoxy) is 4. The fourth-order valence-corrected chi connectivity index (χ4v) is 4.53. The minimum atomic E-state index is -0.403. The van der Waals surface area contributed by atoms with Crippen molar-refractivity contribution in [2.45, 2.75) is 18.9 Å². The third kappa shape index (κ3) is 4.85. The third-order valence-corrected chi connectivity index (χ3v) is 6.33. The van der Waals surface area contributed by atoms with Crippen LogP contribution < -0.4 is 19.5 Å². The van der Waals surface area contributed by atoms with Gasteiger partial charge in [0, 0.05) is 18.4 Å². The summed E-state index contributed by atoms with van der Waals surface area (Å²) >= 11 is 0. The van der Waals surface area contributed by atoms with Gasteiger partial charge < -0.3 is 24.3 Å². The van der Waals surface area contributed by atoms with Gasteiger partial charge in [0.2, 0.25) is 0 Å². The van der Waals surface area contributed by atoms with Gasteiger partial charge in [0.1, 0.15) is 28.6 Å². The van der Waals surface area contributed by atoms with Crippen molar-refractivity contribution in [3.8, 4) is 23.0 Å². The molecule has 1 N–H and O–H groups in total. The average Bonchev–Trinajstić information content (AvgIpc) is 3.51. The quantitative estimate of drug-likeness (QED) is 0.452. The SMILES string of the molecule is COc1cccc(OC)c1C(=O)Nc1cccc(Oc2ccc3c(c2)C(=O)N(CC2CCCO2)C3=O)c1. The van der Waals surface area contributed by atoms with Gasteiger partial charge in [0.05, 0.1) is 38.0 Å². The predicted octanol–water partition coefficient (Wildman–Crippen LogP) is 4.52. The van der Waals surface area contributed by atoms with Crippen molar-refractivity contribution in [1.29, 1.82) is 0 Å². The number of hydrogen-bond acceptors (Lipinski definition) is 7. The zero-order chi connectivity index (χ0) is 25.9. The Hall–Kier alpha value is -4.37. The van der Waals surface area contributed by atoms with E-state index < -0.39 is 5.91 Å². The predicted molar refractivity (Wildman–Crippen MR) is 135 cm³/mol. The van der Waals surface area contributed by atoms with Crippen molar-refractivity contribution in [3.63, 3.8) is 0 Å². The molecule has 5 rings (SSSR count). The highest BCUT2D eigenvalue weighted by atomic mass is 16.5. The van der Waals surface area contributed by atoms with Crippen molar-refractivity contribution in [2.75, 3.05) is 32.7 Å². The maximum Gasteiger partial charge on any atom is 0.263 e. The van der Waals surface area contributed by atoms with Gasteiger partial charge in [-0.05, 0) is 55.3 Å². The number of anilines is 1. The number of fused-ring (bicyclic) bond motifs is 1. The first kappa shape index (κ1) is 24.3. The first-order valence-corrected chi connectivity index (χ1v) is 11.9. The van der Waals surface area contributed by atoms with Crippen LogP contribution in [0.3, 0.4) is 0 Å². The standard InChI is InChI=1S/C28H26N2O7/c1-34-23-9-4-10-24(35-2)25(23)26(31)29-17-6-3-7-18(14-17)37-19-11-12-21-22(15-19)28(33)30(27(21)32)16-20-8-5-13-36-20/h3-4,6-7,9-12,14-15,20H,5,8,13,16H2,1-2H3,(H,29,31). The minimum absolute atomic E-state index is 0.119. The molecule has 9 heteroatoms. The molecule has 1 atom stereocenters. The Morgan fingerprint density at radius 1 is 0.946 bits per heavy atom. The van der Waals surface area contributed by atoms with E-state index in [4.69, 9.17) is 18.9 Å². The van der Waals surface area contributed by atoms with E-state index in [0.717, 1.165) is 12.8 Å². The molecule has 37 heavy (non-hydrogen) atoms. The van der Waals surface area contributed by atoms with E-state index in [0.29, 0.717) is 46.4 Å². The first-order chi connectivity index (χ1) is 18.0. The van der Waals surface area contributed by atoms with Gasteiger partial charge in [-0.1, -0.05) is 12.1 Å². The number of nitrogens with zero attached hydrogens (tertiary/aromatic N) is 1. The van der Waals surface area contributed by atoms with E-state index in [9.17, 15) is 14.4 Å². The zero-order valence-electron chi connectivity index (χ0n) is 20.5. The highest BCUT2D eigenvalue weighted by Gasteiger charge is 2.37. The Morgan fingerprint density at radius 2 is 1.65 bits per heavy atom. The molecule has 0 radical (unpaired) electrons. The Bertz CT molecular complexity index is 1340. The third-order valence-electron chi connectivity index (χ3n) is 6.33. The second kappa shape index (κ2) is 10.3. The van der Waals surface area contributed by atoms with Crippen molar-refractivity contribution in [3.05, 3.63) is 77.4 Å². The highest BCUT2D eigenvalue weighted by molar-refractivity contribution is 6.21. The summed E-state index contributed by atoms with van der Waals surface area (Å²) in [6.45, 7) is 0.902.